The fourth-order valence-electron chi connectivity index (χ4n) is 0.306. The molecule has 0 aromatic heterocycles. The average molecular weight is 140 g/mol. The number of hydrogen-bond acceptors (Lipinski definition) is 1. The molecule has 2 heteroatoms. The van der Waals surface area contributed by atoms with Crippen LogP contribution in [-0.4, -0.2) is 0 Å². The minimum Gasteiger partial charge on any atom is -0.192 e. The lowest BCUT2D eigenvalue weighted by molar-refractivity contribution is 1.49. The monoisotopic (exact) mass is 139 g/mol. The van der Waals surface area contributed by atoms with Crippen molar-refractivity contribution in [3.63, 3.8) is 0 Å². The molecule has 9 heavy (non-hydrogen) atoms. The number of nitrogens with zero attached hydrogens (tertiary/aromatic N) is 1. The van der Waals surface area contributed by atoms with E-state index in [0.717, 1.165) is 0 Å². The SMILES string of the molecule is C=CC=C(C#N)C(=C)Cl. The predicted octanol–water partition coefficient (Wildman–Crippen LogP) is 2.37. The second-order valence-corrected chi connectivity index (χ2v) is 1.79. The first-order valence-corrected chi connectivity index (χ1v) is 2.67. The third kappa shape index (κ3) is 2.73. The molecule has 0 bridgehead atoms. The van der Waals surface area contributed by atoms with Crippen molar-refractivity contribution in [1.29, 1.82) is 5.26 Å². The van der Waals surface area contributed by atoms with Crippen LogP contribution in [0.5, 0.6) is 0 Å². The third-order valence-electron chi connectivity index (χ3n) is 0.697. The van der Waals surface area contributed by atoms with E-state index in [2.05, 4.69) is 13.2 Å². The first kappa shape index (κ1) is 8.00. The average Bonchev–Trinajstić information content (AvgIpc) is 1.82. The minimum absolute atomic E-state index is 0.248. The minimum atomic E-state index is 0.248. The summed E-state index contributed by atoms with van der Waals surface area (Å²) in [6.07, 6.45) is 3.00. The quantitative estimate of drug-likeness (QED) is 0.426. The van der Waals surface area contributed by atoms with E-state index in [1.807, 2.05) is 6.07 Å². The summed E-state index contributed by atoms with van der Waals surface area (Å²) >= 11 is 5.39. The lowest BCUT2D eigenvalue weighted by Crippen LogP contribution is -1.72. The molecular formula is C7H6ClN. The number of nitriles is 1. The van der Waals surface area contributed by atoms with Crippen molar-refractivity contribution in [3.8, 4) is 6.07 Å². The second-order valence-electron chi connectivity index (χ2n) is 1.33. The van der Waals surface area contributed by atoms with E-state index < -0.39 is 0 Å². The first-order valence-electron chi connectivity index (χ1n) is 2.30. The number of hydrogen-bond donors (Lipinski definition) is 0. The highest BCUT2D eigenvalue weighted by Crippen LogP contribution is 2.09. The van der Waals surface area contributed by atoms with Crippen LogP contribution in [0.4, 0.5) is 0 Å². The lowest BCUT2D eigenvalue weighted by Gasteiger charge is -1.86. The van der Waals surface area contributed by atoms with Gasteiger partial charge in [0.2, 0.25) is 0 Å². The van der Waals surface area contributed by atoms with E-state index in [9.17, 15) is 0 Å². The van der Waals surface area contributed by atoms with Crippen molar-refractivity contribution in [2.45, 2.75) is 0 Å². The Morgan fingerprint density at radius 2 is 2.22 bits per heavy atom. The van der Waals surface area contributed by atoms with Gasteiger partial charge in [-0.25, -0.2) is 0 Å². The van der Waals surface area contributed by atoms with Crippen LogP contribution in [0.25, 0.3) is 0 Å². The lowest BCUT2D eigenvalue weighted by atomic mass is 10.3. The number of rotatable bonds is 2. The van der Waals surface area contributed by atoms with Gasteiger partial charge in [0.15, 0.2) is 0 Å². The summed E-state index contributed by atoms with van der Waals surface area (Å²) in [5.41, 5.74) is 0.353. The Morgan fingerprint density at radius 1 is 1.67 bits per heavy atom. The Balaban J connectivity index is 4.38. The molecule has 0 fully saturated rings. The molecular weight excluding hydrogens is 134 g/mol. The van der Waals surface area contributed by atoms with Gasteiger partial charge in [-0.2, -0.15) is 5.26 Å². The molecule has 0 amide bonds. The van der Waals surface area contributed by atoms with Crippen LogP contribution in [0.3, 0.4) is 0 Å². The molecule has 46 valence electrons. The Bertz CT molecular complexity index is 195. The summed E-state index contributed by atoms with van der Waals surface area (Å²) in [6.45, 7) is 6.78. The highest BCUT2D eigenvalue weighted by atomic mass is 35.5. The first-order chi connectivity index (χ1) is 4.22. The molecule has 0 unspecified atom stereocenters. The maximum atomic E-state index is 8.32. The van der Waals surface area contributed by atoms with Crippen LogP contribution in [-0.2, 0) is 0 Å². The summed E-state index contributed by atoms with van der Waals surface area (Å²) in [5.74, 6) is 0. The fourth-order valence-corrected chi connectivity index (χ4v) is 0.411. The van der Waals surface area contributed by atoms with Gasteiger partial charge in [0, 0.05) is 0 Å². The molecule has 1 nitrogen and oxygen atoms in total. The van der Waals surface area contributed by atoms with Gasteiger partial charge in [-0.3, -0.25) is 0 Å². The molecule has 0 heterocycles. The van der Waals surface area contributed by atoms with Gasteiger partial charge in [0.1, 0.15) is 6.07 Å². The Hall–Kier alpha value is -1.00. The van der Waals surface area contributed by atoms with Gasteiger partial charge in [-0.1, -0.05) is 30.8 Å². The second kappa shape index (κ2) is 3.94. The molecule has 0 aromatic rings. The van der Waals surface area contributed by atoms with Crippen molar-refractivity contribution in [1.82, 2.24) is 0 Å². The molecule has 0 saturated carbocycles. The van der Waals surface area contributed by atoms with Crippen molar-refractivity contribution < 1.29 is 0 Å². The van der Waals surface area contributed by atoms with Gasteiger partial charge in [-0.15, -0.1) is 0 Å². The third-order valence-corrected chi connectivity index (χ3v) is 0.901. The van der Waals surface area contributed by atoms with Gasteiger partial charge in [-0.05, 0) is 6.08 Å². The van der Waals surface area contributed by atoms with Crippen LogP contribution < -0.4 is 0 Å². The Labute approximate surface area is 59.6 Å². The van der Waals surface area contributed by atoms with Crippen LogP contribution >= 0.6 is 11.6 Å². The summed E-state index contributed by atoms with van der Waals surface area (Å²) in [7, 11) is 0. The van der Waals surface area contributed by atoms with Gasteiger partial charge in [0.05, 0.1) is 10.6 Å². The normalized spacial score (nSPS) is 10.0. The van der Waals surface area contributed by atoms with Crippen LogP contribution in [0.1, 0.15) is 0 Å². The zero-order valence-corrected chi connectivity index (χ0v) is 5.65. The molecule has 0 atom stereocenters. The largest absolute Gasteiger partial charge is 0.192 e. The highest BCUT2D eigenvalue weighted by Gasteiger charge is 1.93. The molecule has 0 aliphatic rings. The maximum Gasteiger partial charge on any atom is 0.101 e. The van der Waals surface area contributed by atoms with Gasteiger partial charge >= 0.3 is 0 Å². The van der Waals surface area contributed by atoms with E-state index in [1.54, 1.807) is 0 Å². The van der Waals surface area contributed by atoms with Crippen molar-refractivity contribution >= 4 is 11.6 Å². The molecule has 0 aliphatic carbocycles. The van der Waals surface area contributed by atoms with Crippen LogP contribution in [0.2, 0.25) is 0 Å². The number of allylic oxidation sites excluding steroid dienone is 4. The zero-order valence-electron chi connectivity index (χ0n) is 4.89. The fraction of sp³-hybridized carbons (Fsp3) is 0. The van der Waals surface area contributed by atoms with Crippen LogP contribution in [0, 0.1) is 11.3 Å². The van der Waals surface area contributed by atoms with Gasteiger partial charge in [0.25, 0.3) is 0 Å². The van der Waals surface area contributed by atoms with E-state index in [4.69, 9.17) is 16.9 Å². The molecule has 0 N–H and O–H groups in total. The molecule has 0 aromatic carbocycles. The number of halogens is 1. The zero-order chi connectivity index (χ0) is 7.28. The molecule has 0 saturated heterocycles. The van der Waals surface area contributed by atoms with Crippen LogP contribution in [0.15, 0.2) is 35.9 Å². The summed E-state index contributed by atoms with van der Waals surface area (Å²) in [5, 5.41) is 8.56. The van der Waals surface area contributed by atoms with Crippen molar-refractivity contribution in [3.05, 3.63) is 35.9 Å². The van der Waals surface area contributed by atoms with E-state index in [1.165, 1.54) is 12.2 Å². The van der Waals surface area contributed by atoms with Crippen molar-refractivity contribution in [2.24, 2.45) is 0 Å². The maximum absolute atomic E-state index is 8.32. The van der Waals surface area contributed by atoms with E-state index in [0.29, 0.717) is 5.57 Å². The Morgan fingerprint density at radius 3 is 2.33 bits per heavy atom. The topological polar surface area (TPSA) is 23.8 Å². The molecule has 0 aliphatic heterocycles. The summed E-state index contributed by atoms with van der Waals surface area (Å²) < 4.78 is 0. The van der Waals surface area contributed by atoms with E-state index >= 15 is 0 Å². The van der Waals surface area contributed by atoms with Gasteiger partial charge < -0.3 is 0 Å². The standard InChI is InChI=1S/C7H6ClN/c1-3-4-7(5-9)6(2)8/h3-4H,1-2H2. The molecule has 0 spiro atoms. The summed E-state index contributed by atoms with van der Waals surface area (Å²) in [6, 6.07) is 1.86. The Kier molecular flexibility index (Phi) is 3.50. The highest BCUT2D eigenvalue weighted by molar-refractivity contribution is 6.32. The van der Waals surface area contributed by atoms with Crippen molar-refractivity contribution in [2.75, 3.05) is 0 Å². The molecule has 0 radical (unpaired) electrons. The summed E-state index contributed by atoms with van der Waals surface area (Å²) in [4.78, 5) is 0. The predicted molar refractivity (Wildman–Crippen MR) is 38.9 cm³/mol. The smallest absolute Gasteiger partial charge is 0.101 e. The van der Waals surface area contributed by atoms with E-state index in [-0.39, 0.29) is 5.03 Å². The molecule has 0 rings (SSSR count).